The van der Waals surface area contributed by atoms with Crippen molar-refractivity contribution in [2.24, 2.45) is 0 Å². The van der Waals surface area contributed by atoms with Gasteiger partial charge in [0.15, 0.2) is 5.65 Å². The Hall–Kier alpha value is -2.56. The smallest absolute Gasteiger partial charge is 0.240 e. The van der Waals surface area contributed by atoms with E-state index in [-0.39, 0.29) is 11.7 Å². The molecule has 0 aliphatic rings. The Kier molecular flexibility index (Phi) is 1.98. The van der Waals surface area contributed by atoms with Crippen molar-refractivity contribution in [3.05, 3.63) is 42.5 Å². The minimum absolute atomic E-state index is 0.215. The van der Waals surface area contributed by atoms with Gasteiger partial charge in [0.1, 0.15) is 5.75 Å². The third-order valence-electron chi connectivity index (χ3n) is 2.52. The lowest BCUT2D eigenvalue weighted by Gasteiger charge is -2.04. The van der Waals surface area contributed by atoms with E-state index in [9.17, 15) is 5.11 Å². The Morgan fingerprint density at radius 1 is 1.12 bits per heavy atom. The second-order valence-electron chi connectivity index (χ2n) is 3.70. The number of nitrogen functional groups attached to an aromatic ring is 1. The summed E-state index contributed by atoms with van der Waals surface area (Å²) >= 11 is 0. The number of aromatic hydroxyl groups is 1. The molecule has 0 saturated heterocycles. The molecule has 0 amide bonds. The topological polar surface area (TPSA) is 76.4 Å². The highest BCUT2D eigenvalue weighted by Gasteiger charge is 2.07. The van der Waals surface area contributed by atoms with Gasteiger partial charge in [0.2, 0.25) is 5.95 Å². The van der Waals surface area contributed by atoms with Crippen LogP contribution in [-0.2, 0) is 0 Å². The molecular weight excluding hydrogens is 216 g/mol. The number of phenols is 1. The summed E-state index contributed by atoms with van der Waals surface area (Å²) in [7, 11) is 0. The minimum atomic E-state index is 0.215. The first-order valence-corrected chi connectivity index (χ1v) is 5.15. The van der Waals surface area contributed by atoms with E-state index in [1.165, 1.54) is 0 Å². The summed E-state index contributed by atoms with van der Waals surface area (Å²) in [5.41, 5.74) is 7.96. The van der Waals surface area contributed by atoms with Crippen molar-refractivity contribution in [1.82, 2.24) is 14.6 Å². The largest absolute Gasteiger partial charge is 0.508 e. The third kappa shape index (κ3) is 1.57. The first kappa shape index (κ1) is 9.65. The highest BCUT2D eigenvalue weighted by atomic mass is 16.3. The van der Waals surface area contributed by atoms with Crippen molar-refractivity contribution >= 4 is 11.6 Å². The fourth-order valence-corrected chi connectivity index (χ4v) is 1.81. The molecule has 0 radical (unpaired) electrons. The number of nitrogens with two attached hydrogens (primary N) is 1. The van der Waals surface area contributed by atoms with Crippen LogP contribution in [0, 0.1) is 0 Å². The van der Waals surface area contributed by atoms with E-state index < -0.39 is 0 Å². The molecule has 0 fully saturated rings. The molecule has 1 aromatic carbocycles. The van der Waals surface area contributed by atoms with E-state index in [4.69, 9.17) is 5.73 Å². The SMILES string of the molecule is Nc1nc2cccc(-c3cccc(O)c3)n2n1. The second-order valence-corrected chi connectivity index (χ2v) is 3.70. The molecule has 2 heterocycles. The third-order valence-corrected chi connectivity index (χ3v) is 2.52. The summed E-state index contributed by atoms with van der Waals surface area (Å²) in [6, 6.07) is 12.6. The van der Waals surface area contributed by atoms with Gasteiger partial charge in [-0.1, -0.05) is 18.2 Å². The van der Waals surface area contributed by atoms with Crippen LogP contribution in [0.5, 0.6) is 5.75 Å². The van der Waals surface area contributed by atoms with Gasteiger partial charge >= 0.3 is 0 Å². The van der Waals surface area contributed by atoms with Crippen LogP contribution in [0.1, 0.15) is 0 Å². The number of anilines is 1. The van der Waals surface area contributed by atoms with E-state index in [2.05, 4.69) is 10.1 Å². The van der Waals surface area contributed by atoms with Crippen LogP contribution in [0.25, 0.3) is 16.9 Å². The molecular formula is C12H10N4O. The Bertz CT molecular complexity index is 690. The van der Waals surface area contributed by atoms with E-state index in [1.54, 1.807) is 22.7 Å². The standard InChI is InChI=1S/C12H10N4O/c13-12-14-11-6-2-5-10(16(11)15-12)8-3-1-4-9(17)7-8/h1-7,17H,(H2,13,15). The maximum atomic E-state index is 9.48. The molecule has 17 heavy (non-hydrogen) atoms. The Labute approximate surface area is 97.1 Å². The average molecular weight is 226 g/mol. The quantitative estimate of drug-likeness (QED) is 0.662. The number of pyridine rings is 1. The number of benzene rings is 1. The molecule has 3 aromatic rings. The van der Waals surface area contributed by atoms with Crippen molar-refractivity contribution in [3.8, 4) is 17.0 Å². The summed E-state index contributed by atoms with van der Waals surface area (Å²) in [4.78, 5) is 4.09. The van der Waals surface area contributed by atoms with Crippen molar-refractivity contribution in [1.29, 1.82) is 0 Å². The molecule has 0 spiro atoms. The zero-order valence-electron chi connectivity index (χ0n) is 8.91. The molecule has 5 nitrogen and oxygen atoms in total. The van der Waals surface area contributed by atoms with Crippen molar-refractivity contribution in [2.45, 2.75) is 0 Å². The Morgan fingerprint density at radius 3 is 2.76 bits per heavy atom. The van der Waals surface area contributed by atoms with Gasteiger partial charge in [0.05, 0.1) is 5.69 Å². The predicted octanol–water partition coefficient (Wildman–Crippen LogP) is 1.68. The molecule has 0 aliphatic heterocycles. The van der Waals surface area contributed by atoms with E-state index in [0.29, 0.717) is 5.65 Å². The first-order chi connectivity index (χ1) is 8.24. The van der Waals surface area contributed by atoms with Gasteiger partial charge in [-0.2, -0.15) is 4.98 Å². The van der Waals surface area contributed by atoms with Gasteiger partial charge in [0, 0.05) is 5.56 Å². The molecule has 0 bridgehead atoms. The molecule has 5 heteroatoms. The molecule has 0 unspecified atom stereocenters. The lowest BCUT2D eigenvalue weighted by atomic mass is 10.1. The number of aromatic nitrogens is 3. The summed E-state index contributed by atoms with van der Waals surface area (Å²) in [5, 5.41) is 13.6. The van der Waals surface area contributed by atoms with Crippen LogP contribution in [0.3, 0.4) is 0 Å². The highest BCUT2D eigenvalue weighted by Crippen LogP contribution is 2.23. The number of hydrogen-bond donors (Lipinski definition) is 2. The molecule has 0 aliphatic carbocycles. The summed E-state index contributed by atoms with van der Waals surface area (Å²) in [6.45, 7) is 0. The fourth-order valence-electron chi connectivity index (χ4n) is 1.81. The van der Waals surface area contributed by atoms with Crippen LogP contribution < -0.4 is 5.73 Å². The van der Waals surface area contributed by atoms with Gasteiger partial charge in [-0.25, -0.2) is 4.52 Å². The fraction of sp³-hybridized carbons (Fsp3) is 0. The molecule has 3 N–H and O–H groups in total. The van der Waals surface area contributed by atoms with Gasteiger partial charge in [0.25, 0.3) is 0 Å². The molecule has 0 atom stereocenters. The Morgan fingerprint density at radius 2 is 1.94 bits per heavy atom. The maximum absolute atomic E-state index is 9.48. The molecule has 84 valence electrons. The lowest BCUT2D eigenvalue weighted by molar-refractivity contribution is 0.475. The van der Waals surface area contributed by atoms with Crippen LogP contribution in [-0.4, -0.2) is 19.7 Å². The van der Waals surface area contributed by atoms with Gasteiger partial charge in [-0.3, -0.25) is 0 Å². The van der Waals surface area contributed by atoms with E-state index >= 15 is 0 Å². The number of nitrogens with zero attached hydrogens (tertiary/aromatic N) is 3. The lowest BCUT2D eigenvalue weighted by Crippen LogP contribution is -1.94. The number of phenolic OH excluding ortho intramolecular Hbond substituents is 1. The van der Waals surface area contributed by atoms with Gasteiger partial charge < -0.3 is 10.8 Å². The molecule has 3 rings (SSSR count). The zero-order valence-corrected chi connectivity index (χ0v) is 8.91. The van der Waals surface area contributed by atoms with E-state index in [1.807, 2.05) is 24.3 Å². The number of fused-ring (bicyclic) bond motifs is 1. The van der Waals surface area contributed by atoms with Crippen LogP contribution in [0.4, 0.5) is 5.95 Å². The highest BCUT2D eigenvalue weighted by molar-refractivity contribution is 5.64. The molecule has 0 saturated carbocycles. The normalized spacial score (nSPS) is 10.8. The van der Waals surface area contributed by atoms with Gasteiger partial charge in [-0.15, -0.1) is 5.10 Å². The van der Waals surface area contributed by atoms with Crippen LogP contribution in [0.15, 0.2) is 42.5 Å². The second kappa shape index (κ2) is 3.48. The summed E-state index contributed by atoms with van der Waals surface area (Å²) in [5.74, 6) is 0.449. The molecule has 2 aromatic heterocycles. The predicted molar refractivity (Wildman–Crippen MR) is 64.5 cm³/mol. The number of rotatable bonds is 1. The summed E-state index contributed by atoms with van der Waals surface area (Å²) in [6.07, 6.45) is 0. The van der Waals surface area contributed by atoms with Gasteiger partial charge in [-0.05, 0) is 24.3 Å². The zero-order chi connectivity index (χ0) is 11.8. The average Bonchev–Trinajstić information content (AvgIpc) is 2.68. The first-order valence-electron chi connectivity index (χ1n) is 5.15. The van der Waals surface area contributed by atoms with Crippen molar-refractivity contribution < 1.29 is 5.11 Å². The Balaban J connectivity index is 2.30. The maximum Gasteiger partial charge on any atom is 0.240 e. The minimum Gasteiger partial charge on any atom is -0.508 e. The van der Waals surface area contributed by atoms with Crippen LogP contribution in [0.2, 0.25) is 0 Å². The summed E-state index contributed by atoms with van der Waals surface area (Å²) < 4.78 is 1.66. The van der Waals surface area contributed by atoms with E-state index in [0.717, 1.165) is 11.3 Å². The van der Waals surface area contributed by atoms with Crippen LogP contribution >= 0.6 is 0 Å². The monoisotopic (exact) mass is 226 g/mol. The number of hydrogen-bond acceptors (Lipinski definition) is 4. The van der Waals surface area contributed by atoms with Crippen molar-refractivity contribution in [3.63, 3.8) is 0 Å². The van der Waals surface area contributed by atoms with Crippen molar-refractivity contribution in [2.75, 3.05) is 5.73 Å².